The molecular formula is C9H9Cl2NO2. The zero-order chi connectivity index (χ0) is 10.7. The number of carbonyl (C=O) groups is 1. The number of halogens is 2. The molecule has 0 saturated carbocycles. The monoisotopic (exact) mass is 233 g/mol. The van der Waals surface area contributed by atoms with E-state index in [0.717, 1.165) is 0 Å². The van der Waals surface area contributed by atoms with Gasteiger partial charge in [0.25, 0.3) is 0 Å². The molecule has 0 aromatic heterocycles. The van der Waals surface area contributed by atoms with Crippen LogP contribution in [0.3, 0.4) is 0 Å². The molecule has 1 aromatic carbocycles. The lowest BCUT2D eigenvalue weighted by Gasteiger charge is -2.08. The third-order valence-electron chi connectivity index (χ3n) is 1.54. The molecule has 0 atom stereocenters. The molecule has 0 unspecified atom stereocenters. The summed E-state index contributed by atoms with van der Waals surface area (Å²) in [6.07, 6.45) is 0. The number of hydrogen-bond acceptors (Lipinski definition) is 2. The summed E-state index contributed by atoms with van der Waals surface area (Å²) in [6.45, 7) is 1.41. The van der Waals surface area contributed by atoms with Crippen LogP contribution in [0, 0.1) is 0 Å². The Morgan fingerprint density at radius 1 is 1.43 bits per heavy atom. The summed E-state index contributed by atoms with van der Waals surface area (Å²) in [7, 11) is 1.48. The summed E-state index contributed by atoms with van der Waals surface area (Å²) in [5.41, 5.74) is 0.559. The highest BCUT2D eigenvalue weighted by Crippen LogP contribution is 2.34. The summed E-state index contributed by atoms with van der Waals surface area (Å²) in [5, 5.41) is 3.26. The van der Waals surface area contributed by atoms with Gasteiger partial charge in [-0.1, -0.05) is 23.2 Å². The predicted molar refractivity (Wildman–Crippen MR) is 57.3 cm³/mol. The number of amides is 1. The first-order chi connectivity index (χ1) is 6.54. The van der Waals surface area contributed by atoms with Gasteiger partial charge in [-0.2, -0.15) is 0 Å². The zero-order valence-electron chi connectivity index (χ0n) is 7.73. The smallest absolute Gasteiger partial charge is 0.221 e. The highest BCUT2D eigenvalue weighted by atomic mass is 35.5. The number of anilines is 1. The first-order valence-corrected chi connectivity index (χ1v) is 4.61. The molecule has 0 saturated heterocycles. The van der Waals surface area contributed by atoms with Crippen LogP contribution in [0.25, 0.3) is 0 Å². The number of rotatable bonds is 2. The highest BCUT2D eigenvalue weighted by Gasteiger charge is 2.08. The fraction of sp³-hybridized carbons (Fsp3) is 0.222. The number of benzene rings is 1. The molecule has 5 heteroatoms. The lowest BCUT2D eigenvalue weighted by molar-refractivity contribution is -0.114. The first kappa shape index (κ1) is 11.1. The normalized spacial score (nSPS) is 9.71. The maximum Gasteiger partial charge on any atom is 0.221 e. The van der Waals surface area contributed by atoms with Crippen molar-refractivity contribution in [2.24, 2.45) is 0 Å². The highest BCUT2D eigenvalue weighted by molar-refractivity contribution is 6.43. The van der Waals surface area contributed by atoms with Gasteiger partial charge in [-0.15, -0.1) is 0 Å². The van der Waals surface area contributed by atoms with Crippen LogP contribution < -0.4 is 10.1 Å². The molecule has 3 nitrogen and oxygen atoms in total. The van der Waals surface area contributed by atoms with E-state index in [1.165, 1.54) is 14.0 Å². The van der Waals surface area contributed by atoms with Crippen molar-refractivity contribution in [3.63, 3.8) is 0 Å². The van der Waals surface area contributed by atoms with Gasteiger partial charge in [0.05, 0.1) is 12.1 Å². The standard InChI is InChI=1S/C9H9Cl2NO2/c1-5(13)12-6-3-7(10)9(11)8(4-6)14-2/h3-4H,1-2H3,(H,12,13). The van der Waals surface area contributed by atoms with Crippen molar-refractivity contribution >= 4 is 34.8 Å². The van der Waals surface area contributed by atoms with Crippen LogP contribution in [0.15, 0.2) is 12.1 Å². The molecule has 0 heterocycles. The SMILES string of the molecule is COc1cc(NC(C)=O)cc(Cl)c1Cl. The minimum Gasteiger partial charge on any atom is -0.495 e. The van der Waals surface area contributed by atoms with Gasteiger partial charge in [0.15, 0.2) is 0 Å². The minimum absolute atomic E-state index is 0.176. The van der Waals surface area contributed by atoms with Crippen LogP contribution in [-0.4, -0.2) is 13.0 Å². The Morgan fingerprint density at radius 3 is 2.57 bits per heavy atom. The fourth-order valence-electron chi connectivity index (χ4n) is 0.988. The topological polar surface area (TPSA) is 38.3 Å². The van der Waals surface area contributed by atoms with E-state index in [2.05, 4.69) is 5.32 Å². The largest absolute Gasteiger partial charge is 0.495 e. The Kier molecular flexibility index (Phi) is 3.61. The van der Waals surface area contributed by atoms with Crippen molar-refractivity contribution in [3.8, 4) is 5.75 Å². The Labute approximate surface area is 92.0 Å². The molecule has 14 heavy (non-hydrogen) atoms. The molecule has 0 fully saturated rings. The zero-order valence-corrected chi connectivity index (χ0v) is 9.24. The van der Waals surface area contributed by atoms with Gasteiger partial charge in [-0.25, -0.2) is 0 Å². The summed E-state index contributed by atoms with van der Waals surface area (Å²) >= 11 is 11.7. The van der Waals surface area contributed by atoms with Crippen molar-refractivity contribution in [3.05, 3.63) is 22.2 Å². The molecule has 1 amide bonds. The first-order valence-electron chi connectivity index (χ1n) is 3.85. The van der Waals surface area contributed by atoms with E-state index in [-0.39, 0.29) is 5.91 Å². The van der Waals surface area contributed by atoms with Crippen LogP contribution in [0.5, 0.6) is 5.75 Å². The van der Waals surface area contributed by atoms with Crippen LogP contribution >= 0.6 is 23.2 Å². The summed E-state index contributed by atoms with van der Waals surface area (Å²) in [5.74, 6) is 0.258. The Morgan fingerprint density at radius 2 is 2.07 bits per heavy atom. The molecule has 0 aliphatic heterocycles. The van der Waals surface area contributed by atoms with Crippen molar-refractivity contribution in [1.29, 1.82) is 0 Å². The fourth-order valence-corrected chi connectivity index (χ4v) is 1.38. The average molecular weight is 234 g/mol. The third-order valence-corrected chi connectivity index (χ3v) is 2.32. The molecule has 0 radical (unpaired) electrons. The second-order valence-electron chi connectivity index (χ2n) is 2.66. The maximum atomic E-state index is 10.8. The van der Waals surface area contributed by atoms with E-state index in [1.807, 2.05) is 0 Å². The summed E-state index contributed by atoms with van der Waals surface area (Å²) in [4.78, 5) is 10.8. The van der Waals surface area contributed by atoms with Crippen molar-refractivity contribution in [2.45, 2.75) is 6.92 Å². The van der Waals surface area contributed by atoms with Gasteiger partial charge in [-0.05, 0) is 6.07 Å². The summed E-state index contributed by atoms with van der Waals surface area (Å²) in [6, 6.07) is 3.17. The second-order valence-corrected chi connectivity index (χ2v) is 3.44. The number of nitrogens with one attached hydrogen (secondary N) is 1. The molecule has 0 spiro atoms. The molecule has 1 N–H and O–H groups in total. The summed E-state index contributed by atoms with van der Waals surface area (Å²) < 4.78 is 4.98. The molecular weight excluding hydrogens is 225 g/mol. The van der Waals surface area contributed by atoms with E-state index in [4.69, 9.17) is 27.9 Å². The van der Waals surface area contributed by atoms with Crippen LogP contribution in [0.1, 0.15) is 6.92 Å². The quantitative estimate of drug-likeness (QED) is 0.854. The van der Waals surface area contributed by atoms with Gasteiger partial charge >= 0.3 is 0 Å². The van der Waals surface area contributed by atoms with E-state index in [1.54, 1.807) is 12.1 Å². The van der Waals surface area contributed by atoms with Gasteiger partial charge in [0.2, 0.25) is 5.91 Å². The Hall–Kier alpha value is -0.930. The number of carbonyl (C=O) groups excluding carboxylic acids is 1. The minimum atomic E-state index is -0.176. The van der Waals surface area contributed by atoms with Gasteiger partial charge in [-0.3, -0.25) is 4.79 Å². The lowest BCUT2D eigenvalue weighted by atomic mass is 10.3. The van der Waals surface area contributed by atoms with E-state index in [0.29, 0.717) is 21.5 Å². The van der Waals surface area contributed by atoms with Crippen LogP contribution in [-0.2, 0) is 4.79 Å². The predicted octanol–water partition coefficient (Wildman–Crippen LogP) is 2.96. The number of methoxy groups -OCH3 is 1. The molecule has 1 rings (SSSR count). The number of ether oxygens (including phenoxy) is 1. The van der Waals surface area contributed by atoms with Crippen molar-refractivity contribution < 1.29 is 9.53 Å². The van der Waals surface area contributed by atoms with Crippen molar-refractivity contribution in [1.82, 2.24) is 0 Å². The average Bonchev–Trinajstić information content (AvgIpc) is 2.10. The second kappa shape index (κ2) is 4.53. The molecule has 0 bridgehead atoms. The van der Waals surface area contributed by atoms with E-state index >= 15 is 0 Å². The lowest BCUT2D eigenvalue weighted by Crippen LogP contribution is -2.05. The molecule has 76 valence electrons. The van der Waals surface area contributed by atoms with Crippen LogP contribution in [0.2, 0.25) is 10.0 Å². The van der Waals surface area contributed by atoms with E-state index in [9.17, 15) is 4.79 Å². The van der Waals surface area contributed by atoms with Gasteiger partial charge in [0.1, 0.15) is 10.8 Å². The number of hydrogen-bond donors (Lipinski definition) is 1. The van der Waals surface area contributed by atoms with E-state index < -0.39 is 0 Å². The van der Waals surface area contributed by atoms with Crippen LogP contribution in [0.4, 0.5) is 5.69 Å². The van der Waals surface area contributed by atoms with Gasteiger partial charge < -0.3 is 10.1 Å². The molecule has 0 aliphatic carbocycles. The van der Waals surface area contributed by atoms with Crippen molar-refractivity contribution in [2.75, 3.05) is 12.4 Å². The van der Waals surface area contributed by atoms with Gasteiger partial charge in [0, 0.05) is 18.7 Å². The molecule has 0 aliphatic rings. The third kappa shape index (κ3) is 2.53. The Bertz CT molecular complexity index is 366. The maximum absolute atomic E-state index is 10.8. The molecule has 1 aromatic rings. The Balaban J connectivity index is 3.09.